The second-order valence-corrected chi connectivity index (χ2v) is 5.17. The minimum absolute atomic E-state index is 0.301. The summed E-state index contributed by atoms with van der Waals surface area (Å²) in [7, 11) is 0. The van der Waals surface area contributed by atoms with Crippen LogP contribution in [0.3, 0.4) is 0 Å². The van der Waals surface area contributed by atoms with Gasteiger partial charge in [0.1, 0.15) is 5.75 Å². The summed E-state index contributed by atoms with van der Waals surface area (Å²) in [5, 5.41) is 8.94. The van der Waals surface area contributed by atoms with Gasteiger partial charge in [0.25, 0.3) is 0 Å². The molecule has 124 valence electrons. The van der Waals surface area contributed by atoms with Crippen molar-refractivity contribution in [2.75, 3.05) is 6.61 Å². The molecule has 0 spiro atoms. The molecule has 0 unspecified atom stereocenters. The molecule has 0 aliphatic carbocycles. The van der Waals surface area contributed by atoms with Crippen LogP contribution in [0.25, 0.3) is 11.1 Å². The smallest absolute Gasteiger partial charge is 0.335 e. The van der Waals surface area contributed by atoms with Gasteiger partial charge in [-0.05, 0) is 66.8 Å². The number of hydrogen-bond donors (Lipinski definition) is 1. The molecule has 0 fully saturated rings. The van der Waals surface area contributed by atoms with Crippen LogP contribution < -0.4 is 4.74 Å². The molecule has 23 heavy (non-hydrogen) atoms. The molecule has 2 aromatic rings. The van der Waals surface area contributed by atoms with Crippen molar-refractivity contribution in [3.63, 3.8) is 0 Å². The molecule has 0 saturated carbocycles. The van der Waals surface area contributed by atoms with Gasteiger partial charge in [-0.25, -0.2) is 4.79 Å². The Morgan fingerprint density at radius 1 is 1.00 bits per heavy atom. The quantitative estimate of drug-likeness (QED) is 0.794. The van der Waals surface area contributed by atoms with E-state index in [1.165, 1.54) is 0 Å². The SMILES string of the molecule is CC.CCCOc1c(C)cc(-c2ccc(C(=O)O)cc2)cc1C. The molecule has 0 bridgehead atoms. The van der Waals surface area contributed by atoms with E-state index in [4.69, 9.17) is 9.84 Å². The Morgan fingerprint density at radius 2 is 1.52 bits per heavy atom. The minimum atomic E-state index is -0.905. The van der Waals surface area contributed by atoms with Crippen molar-refractivity contribution in [1.82, 2.24) is 0 Å². The molecule has 3 nitrogen and oxygen atoms in total. The lowest BCUT2D eigenvalue weighted by Crippen LogP contribution is -1.99. The fourth-order valence-electron chi connectivity index (χ4n) is 2.35. The van der Waals surface area contributed by atoms with Crippen molar-refractivity contribution in [2.24, 2.45) is 0 Å². The summed E-state index contributed by atoms with van der Waals surface area (Å²) < 4.78 is 5.78. The van der Waals surface area contributed by atoms with Gasteiger partial charge in [0, 0.05) is 0 Å². The average molecular weight is 314 g/mol. The number of carboxylic acid groups (broad SMARTS) is 1. The van der Waals surface area contributed by atoms with Gasteiger partial charge in [0.15, 0.2) is 0 Å². The first-order valence-corrected chi connectivity index (χ1v) is 8.10. The molecule has 0 aromatic heterocycles. The number of rotatable bonds is 5. The number of ether oxygens (including phenoxy) is 1. The molecule has 0 saturated heterocycles. The van der Waals surface area contributed by atoms with Crippen LogP contribution in [0.1, 0.15) is 48.7 Å². The van der Waals surface area contributed by atoms with E-state index in [0.717, 1.165) is 34.4 Å². The lowest BCUT2D eigenvalue weighted by Gasteiger charge is -2.14. The summed E-state index contributed by atoms with van der Waals surface area (Å²) in [4.78, 5) is 10.9. The van der Waals surface area contributed by atoms with Crippen molar-refractivity contribution < 1.29 is 14.6 Å². The maximum atomic E-state index is 10.9. The van der Waals surface area contributed by atoms with Crippen LogP contribution in [0.4, 0.5) is 0 Å². The minimum Gasteiger partial charge on any atom is -0.493 e. The summed E-state index contributed by atoms with van der Waals surface area (Å²) in [6, 6.07) is 11.1. The molecule has 0 aliphatic rings. The van der Waals surface area contributed by atoms with E-state index in [1.807, 2.05) is 39.8 Å². The second-order valence-electron chi connectivity index (χ2n) is 5.17. The average Bonchev–Trinajstić information content (AvgIpc) is 2.56. The molecule has 0 heterocycles. The van der Waals surface area contributed by atoms with Crippen LogP contribution >= 0.6 is 0 Å². The van der Waals surface area contributed by atoms with E-state index < -0.39 is 5.97 Å². The first-order chi connectivity index (χ1) is 11.0. The van der Waals surface area contributed by atoms with Crippen LogP contribution in [-0.2, 0) is 0 Å². The lowest BCUT2D eigenvalue weighted by atomic mass is 9.99. The Kier molecular flexibility index (Phi) is 7.33. The van der Waals surface area contributed by atoms with Gasteiger partial charge in [-0.2, -0.15) is 0 Å². The number of carbonyl (C=O) groups is 1. The first-order valence-electron chi connectivity index (χ1n) is 8.10. The molecular weight excluding hydrogens is 288 g/mol. The molecule has 1 N–H and O–H groups in total. The third kappa shape index (κ3) is 4.85. The van der Waals surface area contributed by atoms with Crippen LogP contribution in [0.15, 0.2) is 36.4 Å². The molecule has 2 rings (SSSR count). The van der Waals surface area contributed by atoms with Crippen LogP contribution in [-0.4, -0.2) is 17.7 Å². The number of carboxylic acids is 1. The van der Waals surface area contributed by atoms with Crippen molar-refractivity contribution in [1.29, 1.82) is 0 Å². The Bertz CT molecular complexity index is 619. The van der Waals surface area contributed by atoms with E-state index in [1.54, 1.807) is 12.1 Å². The molecular formula is C20H26O3. The van der Waals surface area contributed by atoms with Gasteiger partial charge in [-0.1, -0.05) is 32.9 Å². The van der Waals surface area contributed by atoms with Gasteiger partial charge in [0.05, 0.1) is 12.2 Å². The maximum absolute atomic E-state index is 10.9. The van der Waals surface area contributed by atoms with Gasteiger partial charge in [-0.15, -0.1) is 0 Å². The highest BCUT2D eigenvalue weighted by Crippen LogP contribution is 2.30. The normalized spacial score (nSPS) is 9.78. The fraction of sp³-hybridized carbons (Fsp3) is 0.350. The lowest BCUT2D eigenvalue weighted by molar-refractivity contribution is 0.0697. The van der Waals surface area contributed by atoms with Crippen molar-refractivity contribution >= 4 is 5.97 Å². The predicted octanol–water partition coefficient (Wildman–Crippen LogP) is 5.48. The van der Waals surface area contributed by atoms with Crippen molar-refractivity contribution in [2.45, 2.75) is 41.0 Å². The van der Waals surface area contributed by atoms with E-state index in [-0.39, 0.29) is 0 Å². The van der Waals surface area contributed by atoms with Crippen LogP contribution in [0.2, 0.25) is 0 Å². The highest BCUT2D eigenvalue weighted by atomic mass is 16.5. The maximum Gasteiger partial charge on any atom is 0.335 e. The number of aryl methyl sites for hydroxylation is 2. The van der Waals surface area contributed by atoms with E-state index >= 15 is 0 Å². The largest absolute Gasteiger partial charge is 0.493 e. The zero-order valence-corrected chi connectivity index (χ0v) is 14.6. The number of benzene rings is 2. The Hall–Kier alpha value is -2.29. The third-order valence-electron chi connectivity index (χ3n) is 3.38. The standard InChI is InChI=1S/C18H20O3.C2H6/c1-4-9-21-17-12(2)10-16(11-13(17)3)14-5-7-15(8-6-14)18(19)20;1-2/h5-8,10-11H,4,9H2,1-3H3,(H,19,20);1-2H3. The molecule has 0 atom stereocenters. The summed E-state index contributed by atoms with van der Waals surface area (Å²) >= 11 is 0. The zero-order chi connectivity index (χ0) is 17.4. The van der Waals surface area contributed by atoms with Crippen molar-refractivity contribution in [3.8, 4) is 16.9 Å². The molecule has 2 aromatic carbocycles. The molecule has 0 radical (unpaired) electrons. The highest BCUT2D eigenvalue weighted by molar-refractivity contribution is 5.88. The fourth-order valence-corrected chi connectivity index (χ4v) is 2.35. The zero-order valence-electron chi connectivity index (χ0n) is 14.6. The van der Waals surface area contributed by atoms with Crippen molar-refractivity contribution in [3.05, 3.63) is 53.1 Å². The summed E-state index contributed by atoms with van der Waals surface area (Å²) in [6.07, 6.45) is 0.983. The highest BCUT2D eigenvalue weighted by Gasteiger charge is 2.09. The summed E-state index contributed by atoms with van der Waals surface area (Å²) in [5.41, 5.74) is 4.58. The second kappa shape index (κ2) is 8.99. The molecule has 3 heteroatoms. The molecule has 0 amide bonds. The summed E-state index contributed by atoms with van der Waals surface area (Å²) in [5.74, 6) is 0.0416. The van der Waals surface area contributed by atoms with E-state index in [9.17, 15) is 4.79 Å². The topological polar surface area (TPSA) is 46.5 Å². The first kappa shape index (κ1) is 18.8. The third-order valence-corrected chi connectivity index (χ3v) is 3.38. The van der Waals surface area contributed by atoms with Gasteiger partial charge < -0.3 is 9.84 Å². The van der Waals surface area contributed by atoms with Gasteiger partial charge >= 0.3 is 5.97 Å². The van der Waals surface area contributed by atoms with E-state index in [2.05, 4.69) is 19.1 Å². The Labute approximate surface area is 138 Å². The predicted molar refractivity (Wildman–Crippen MR) is 95.4 cm³/mol. The number of hydrogen-bond acceptors (Lipinski definition) is 2. The number of aromatic carboxylic acids is 1. The molecule has 0 aliphatic heterocycles. The Morgan fingerprint density at radius 3 is 1.96 bits per heavy atom. The Balaban J connectivity index is 0.00000127. The van der Waals surface area contributed by atoms with E-state index in [0.29, 0.717) is 12.2 Å². The van der Waals surface area contributed by atoms with Gasteiger partial charge in [-0.3, -0.25) is 0 Å². The van der Waals surface area contributed by atoms with Crippen LogP contribution in [0, 0.1) is 13.8 Å². The van der Waals surface area contributed by atoms with Gasteiger partial charge in [0.2, 0.25) is 0 Å². The van der Waals surface area contributed by atoms with Crippen LogP contribution in [0.5, 0.6) is 5.75 Å². The summed E-state index contributed by atoms with van der Waals surface area (Å²) in [6.45, 7) is 10.9. The monoisotopic (exact) mass is 314 g/mol.